The number of benzene rings is 1. The molecule has 0 saturated carbocycles. The molecule has 24 heavy (non-hydrogen) atoms. The molecule has 3 N–H and O–H groups in total. The van der Waals surface area contributed by atoms with Crippen molar-refractivity contribution >= 4 is 11.7 Å². The smallest absolute Gasteiger partial charge is 0.422 e. The van der Waals surface area contributed by atoms with Crippen molar-refractivity contribution in [3.05, 3.63) is 36.2 Å². The van der Waals surface area contributed by atoms with Crippen LogP contribution in [0.5, 0.6) is 5.75 Å². The lowest BCUT2D eigenvalue weighted by atomic mass is 10.1. The predicted octanol–water partition coefficient (Wildman–Crippen LogP) is 2.83. The van der Waals surface area contributed by atoms with Gasteiger partial charge in [0, 0.05) is 24.6 Å². The fraction of sp³-hybridized carbons (Fsp3) is 0.400. The zero-order valence-corrected chi connectivity index (χ0v) is 12.4. The average molecular weight is 348 g/mol. The zero-order valence-electron chi connectivity index (χ0n) is 12.4. The number of rotatable bonds is 5. The van der Waals surface area contributed by atoms with Gasteiger partial charge in [-0.05, 0) is 18.6 Å². The highest BCUT2D eigenvalue weighted by molar-refractivity contribution is 5.91. The first kappa shape index (κ1) is 18.1. The summed E-state index contributed by atoms with van der Waals surface area (Å²) >= 11 is 0. The maximum Gasteiger partial charge on any atom is 0.422 e. The van der Waals surface area contributed by atoms with Crippen molar-refractivity contribution in [2.45, 2.75) is 18.6 Å². The van der Waals surface area contributed by atoms with Crippen LogP contribution in [0.15, 0.2) is 30.4 Å². The van der Waals surface area contributed by atoms with Crippen LogP contribution in [0.25, 0.3) is 0 Å². The molecule has 0 unspecified atom stereocenters. The Bertz CT molecular complexity index is 619. The first-order valence-electron chi connectivity index (χ1n) is 7.12. The van der Waals surface area contributed by atoms with E-state index in [2.05, 4.69) is 15.4 Å². The summed E-state index contributed by atoms with van der Waals surface area (Å²) in [5.41, 5.74) is -0.0844. The molecule has 0 bridgehead atoms. The molecule has 9 heteroatoms. The normalized spacial score (nSPS) is 20.0. The van der Waals surface area contributed by atoms with Gasteiger partial charge < -0.3 is 20.5 Å². The van der Waals surface area contributed by atoms with Crippen LogP contribution in [0.1, 0.15) is 6.42 Å². The van der Waals surface area contributed by atoms with Crippen LogP contribution in [0.2, 0.25) is 0 Å². The summed E-state index contributed by atoms with van der Waals surface area (Å²) in [6.45, 7) is -1.64. The molecule has 0 aliphatic heterocycles. The predicted molar refractivity (Wildman–Crippen MR) is 78.2 cm³/mol. The minimum Gasteiger partial charge on any atom is -0.482 e. The minimum atomic E-state index is -4.58. The number of carbonyl (C=O) groups excluding carboxylic acids is 1. The fourth-order valence-electron chi connectivity index (χ4n) is 2.22. The molecule has 0 spiro atoms. The van der Waals surface area contributed by atoms with E-state index in [9.17, 15) is 22.4 Å². The van der Waals surface area contributed by atoms with Crippen LogP contribution >= 0.6 is 0 Å². The molecular formula is C15H16F4N2O3. The average Bonchev–Trinajstić information content (AvgIpc) is 2.94. The number of halogens is 4. The highest BCUT2D eigenvalue weighted by atomic mass is 19.4. The van der Waals surface area contributed by atoms with Gasteiger partial charge >= 0.3 is 12.2 Å². The van der Waals surface area contributed by atoms with Crippen molar-refractivity contribution in [2.75, 3.05) is 18.5 Å². The molecule has 1 aromatic carbocycles. The Morgan fingerprint density at radius 3 is 2.71 bits per heavy atom. The number of aliphatic hydroxyl groups excluding tert-OH is 1. The molecule has 1 aliphatic carbocycles. The van der Waals surface area contributed by atoms with Crippen molar-refractivity contribution in [3.63, 3.8) is 0 Å². The number of urea groups is 1. The summed E-state index contributed by atoms with van der Waals surface area (Å²) < 4.78 is 54.4. The maximum atomic E-state index is 13.2. The third-order valence-corrected chi connectivity index (χ3v) is 3.31. The molecule has 1 aromatic rings. The number of amides is 2. The number of aliphatic hydroxyl groups is 1. The molecule has 0 fully saturated rings. The Morgan fingerprint density at radius 1 is 1.33 bits per heavy atom. The number of anilines is 1. The van der Waals surface area contributed by atoms with E-state index < -0.39 is 30.4 Å². The number of hydrogen-bond donors (Lipinski definition) is 3. The summed E-state index contributed by atoms with van der Waals surface area (Å²) in [6.07, 6.45) is -0.586. The van der Waals surface area contributed by atoms with E-state index in [-0.39, 0.29) is 24.3 Å². The summed E-state index contributed by atoms with van der Waals surface area (Å²) in [5.74, 6) is -1.26. The first-order valence-corrected chi connectivity index (χ1v) is 7.12. The second-order valence-electron chi connectivity index (χ2n) is 5.31. The van der Waals surface area contributed by atoms with Crippen LogP contribution in [-0.2, 0) is 0 Å². The van der Waals surface area contributed by atoms with Gasteiger partial charge in [0.15, 0.2) is 6.61 Å². The zero-order chi connectivity index (χ0) is 17.7. The third-order valence-electron chi connectivity index (χ3n) is 3.31. The van der Waals surface area contributed by atoms with Crippen LogP contribution in [0.4, 0.5) is 28.0 Å². The molecule has 0 radical (unpaired) electrons. The van der Waals surface area contributed by atoms with E-state index >= 15 is 0 Å². The number of nitrogens with one attached hydrogen (secondary N) is 2. The second kappa shape index (κ2) is 7.52. The van der Waals surface area contributed by atoms with Gasteiger partial charge in [0.2, 0.25) is 0 Å². The van der Waals surface area contributed by atoms with Crippen molar-refractivity contribution < 1.29 is 32.2 Å². The minimum absolute atomic E-state index is 0.0380. The molecule has 0 heterocycles. The van der Waals surface area contributed by atoms with E-state index in [1.54, 1.807) is 12.2 Å². The van der Waals surface area contributed by atoms with Crippen LogP contribution in [0.3, 0.4) is 0 Å². The van der Waals surface area contributed by atoms with E-state index in [0.29, 0.717) is 6.42 Å². The maximum absolute atomic E-state index is 13.2. The number of carbonyl (C=O) groups is 1. The standard InChI is InChI=1S/C15H16F4N2O3/c16-10-2-4-12(13(6-10)24-8-15(17,18)19)21-14(23)20-11-3-1-9(5-11)7-22/h1-4,6,9,11,22H,5,7-8H2,(H2,20,21,23)/t9-,11+/m0/s1. The van der Waals surface area contributed by atoms with Crippen molar-refractivity contribution in [2.24, 2.45) is 5.92 Å². The number of alkyl halides is 3. The van der Waals surface area contributed by atoms with Gasteiger partial charge in [0.05, 0.1) is 5.69 Å². The molecule has 0 saturated heterocycles. The second-order valence-corrected chi connectivity index (χ2v) is 5.31. The Morgan fingerprint density at radius 2 is 2.08 bits per heavy atom. The fourth-order valence-corrected chi connectivity index (χ4v) is 2.22. The van der Waals surface area contributed by atoms with E-state index in [1.165, 1.54) is 0 Å². The van der Waals surface area contributed by atoms with Crippen molar-refractivity contribution in [3.8, 4) is 5.75 Å². The molecule has 1 aliphatic rings. The van der Waals surface area contributed by atoms with E-state index in [4.69, 9.17) is 5.11 Å². The Hall–Kier alpha value is -2.29. The molecule has 0 aromatic heterocycles. The van der Waals surface area contributed by atoms with Gasteiger partial charge in [-0.1, -0.05) is 12.2 Å². The van der Waals surface area contributed by atoms with Crippen LogP contribution in [0, 0.1) is 11.7 Å². The highest BCUT2D eigenvalue weighted by Crippen LogP contribution is 2.27. The molecule has 5 nitrogen and oxygen atoms in total. The van der Waals surface area contributed by atoms with Crippen LogP contribution in [-0.4, -0.2) is 36.6 Å². The van der Waals surface area contributed by atoms with Gasteiger partial charge in [-0.25, -0.2) is 9.18 Å². The van der Waals surface area contributed by atoms with Crippen LogP contribution < -0.4 is 15.4 Å². The lowest BCUT2D eigenvalue weighted by Crippen LogP contribution is -2.36. The van der Waals surface area contributed by atoms with Gasteiger partial charge in [-0.3, -0.25) is 0 Å². The van der Waals surface area contributed by atoms with Gasteiger partial charge in [0.25, 0.3) is 0 Å². The largest absolute Gasteiger partial charge is 0.482 e. The van der Waals surface area contributed by atoms with Crippen molar-refractivity contribution in [1.82, 2.24) is 5.32 Å². The molecular weight excluding hydrogens is 332 g/mol. The summed E-state index contributed by atoms with van der Waals surface area (Å²) in [7, 11) is 0. The monoisotopic (exact) mass is 348 g/mol. The Kier molecular flexibility index (Phi) is 5.66. The lowest BCUT2D eigenvalue weighted by Gasteiger charge is -2.16. The SMILES string of the molecule is O=C(Nc1ccc(F)cc1OCC(F)(F)F)N[C@@H]1C=C[C@H](CO)C1. The summed E-state index contributed by atoms with van der Waals surface area (Å²) in [5, 5.41) is 13.9. The number of hydrogen-bond acceptors (Lipinski definition) is 3. The molecule has 2 amide bonds. The Labute approximate surface area is 135 Å². The first-order chi connectivity index (χ1) is 11.3. The lowest BCUT2D eigenvalue weighted by molar-refractivity contribution is -0.153. The van der Waals surface area contributed by atoms with Gasteiger partial charge in [0.1, 0.15) is 11.6 Å². The van der Waals surface area contributed by atoms with E-state index in [1.807, 2.05) is 0 Å². The Balaban J connectivity index is 1.98. The quantitative estimate of drug-likeness (QED) is 0.566. The topological polar surface area (TPSA) is 70.6 Å². The molecule has 132 valence electrons. The molecule has 2 rings (SSSR count). The third kappa shape index (κ3) is 5.41. The molecule has 2 atom stereocenters. The van der Waals surface area contributed by atoms with Gasteiger partial charge in [-0.2, -0.15) is 13.2 Å². The summed E-state index contributed by atoms with van der Waals surface area (Å²) in [6, 6.07) is 1.89. The number of ether oxygens (including phenoxy) is 1. The van der Waals surface area contributed by atoms with E-state index in [0.717, 1.165) is 18.2 Å². The van der Waals surface area contributed by atoms with Crippen molar-refractivity contribution in [1.29, 1.82) is 0 Å². The highest BCUT2D eigenvalue weighted by Gasteiger charge is 2.29. The summed E-state index contributed by atoms with van der Waals surface area (Å²) in [4.78, 5) is 11.9. The van der Waals surface area contributed by atoms with Gasteiger partial charge in [-0.15, -0.1) is 0 Å².